The van der Waals surface area contributed by atoms with Crippen LogP contribution in [0.2, 0.25) is 0 Å². The van der Waals surface area contributed by atoms with E-state index in [2.05, 4.69) is 37.2 Å². The lowest BCUT2D eigenvalue weighted by atomic mass is 10.3. The zero-order chi connectivity index (χ0) is 13.1. The molecule has 2 amide bonds. The van der Waals surface area contributed by atoms with Crippen LogP contribution in [0.15, 0.2) is 21.1 Å². The molecule has 1 heterocycles. The summed E-state index contributed by atoms with van der Waals surface area (Å²) in [6, 6.07) is 3.36. The van der Waals surface area contributed by atoms with E-state index in [0.29, 0.717) is 37.7 Å². The third kappa shape index (κ3) is 3.15. The summed E-state index contributed by atoms with van der Waals surface area (Å²) in [5, 5.41) is 2.86. The number of urea groups is 1. The quantitative estimate of drug-likeness (QED) is 0.738. The van der Waals surface area contributed by atoms with E-state index in [0.717, 1.165) is 8.95 Å². The van der Waals surface area contributed by atoms with E-state index in [1.807, 2.05) is 0 Å². The molecule has 18 heavy (non-hydrogen) atoms. The predicted octanol–water partition coefficient (Wildman–Crippen LogP) is 2.66. The molecule has 7 heteroatoms. The Balaban J connectivity index is 2.11. The van der Waals surface area contributed by atoms with E-state index in [1.165, 1.54) is 0 Å². The van der Waals surface area contributed by atoms with Gasteiger partial charge in [0.25, 0.3) is 0 Å². The van der Waals surface area contributed by atoms with Crippen LogP contribution in [0.4, 0.5) is 16.2 Å². The van der Waals surface area contributed by atoms with Gasteiger partial charge in [-0.25, -0.2) is 4.79 Å². The molecule has 3 N–H and O–H groups in total. The summed E-state index contributed by atoms with van der Waals surface area (Å²) in [4.78, 5) is 13.8. The van der Waals surface area contributed by atoms with Crippen LogP contribution in [-0.2, 0) is 4.74 Å². The van der Waals surface area contributed by atoms with E-state index in [9.17, 15) is 4.79 Å². The molecule has 1 aliphatic rings. The van der Waals surface area contributed by atoms with Crippen molar-refractivity contribution in [2.75, 3.05) is 37.4 Å². The molecule has 0 aromatic heterocycles. The smallest absolute Gasteiger partial charge is 0.322 e. The summed E-state index contributed by atoms with van der Waals surface area (Å²) in [7, 11) is 0. The number of nitrogens with zero attached hydrogens (tertiary/aromatic N) is 1. The first-order chi connectivity index (χ1) is 8.58. The number of ether oxygens (including phenoxy) is 1. The van der Waals surface area contributed by atoms with Crippen LogP contribution in [-0.4, -0.2) is 37.2 Å². The topological polar surface area (TPSA) is 67.6 Å². The second kappa shape index (κ2) is 5.90. The molecule has 2 rings (SSSR count). The van der Waals surface area contributed by atoms with Crippen molar-refractivity contribution in [3.63, 3.8) is 0 Å². The Kier molecular flexibility index (Phi) is 4.47. The lowest BCUT2D eigenvalue weighted by Gasteiger charge is -2.27. The average Bonchev–Trinajstić information content (AvgIpc) is 2.34. The molecular formula is C11H13Br2N3O2. The highest BCUT2D eigenvalue weighted by molar-refractivity contribution is 9.11. The molecule has 0 radical (unpaired) electrons. The van der Waals surface area contributed by atoms with Gasteiger partial charge in [-0.2, -0.15) is 0 Å². The van der Waals surface area contributed by atoms with Crippen molar-refractivity contribution < 1.29 is 9.53 Å². The number of carbonyl (C=O) groups is 1. The third-order valence-corrected chi connectivity index (χ3v) is 3.85. The number of amides is 2. The van der Waals surface area contributed by atoms with Gasteiger partial charge in [-0.1, -0.05) is 0 Å². The molecule has 1 aromatic carbocycles. The van der Waals surface area contributed by atoms with Crippen LogP contribution in [0.25, 0.3) is 0 Å². The van der Waals surface area contributed by atoms with Crippen LogP contribution in [0.3, 0.4) is 0 Å². The fourth-order valence-corrected chi connectivity index (χ4v) is 3.08. The van der Waals surface area contributed by atoms with Crippen molar-refractivity contribution in [1.82, 2.24) is 4.90 Å². The Morgan fingerprint density at radius 1 is 1.28 bits per heavy atom. The number of halogens is 2. The van der Waals surface area contributed by atoms with Gasteiger partial charge in [0.05, 0.1) is 18.9 Å². The molecule has 1 saturated heterocycles. The summed E-state index contributed by atoms with van der Waals surface area (Å²) in [5.41, 5.74) is 7.01. The van der Waals surface area contributed by atoms with Crippen molar-refractivity contribution in [2.24, 2.45) is 0 Å². The van der Waals surface area contributed by atoms with E-state index in [1.54, 1.807) is 17.0 Å². The zero-order valence-electron chi connectivity index (χ0n) is 9.58. The average molecular weight is 379 g/mol. The van der Waals surface area contributed by atoms with Crippen molar-refractivity contribution in [3.05, 3.63) is 21.1 Å². The number of nitrogens with one attached hydrogen (secondary N) is 1. The first kappa shape index (κ1) is 13.6. The molecule has 0 bridgehead atoms. The molecule has 1 fully saturated rings. The fourth-order valence-electron chi connectivity index (χ4n) is 1.66. The standard InChI is InChI=1S/C11H13Br2N3O2/c12-8-5-7(14)6-9(13)10(8)15-11(17)16-1-3-18-4-2-16/h5-6H,1-4,14H2,(H,15,17). The normalized spacial score (nSPS) is 15.6. The molecule has 1 aromatic rings. The third-order valence-electron chi connectivity index (χ3n) is 2.59. The van der Waals surface area contributed by atoms with Crippen molar-refractivity contribution in [1.29, 1.82) is 0 Å². The van der Waals surface area contributed by atoms with Crippen LogP contribution in [0.5, 0.6) is 0 Å². The second-order valence-corrected chi connectivity index (χ2v) is 5.60. The lowest BCUT2D eigenvalue weighted by Crippen LogP contribution is -2.43. The van der Waals surface area contributed by atoms with Crippen LogP contribution < -0.4 is 11.1 Å². The predicted molar refractivity (Wildman–Crippen MR) is 77.7 cm³/mol. The van der Waals surface area contributed by atoms with Gasteiger partial charge in [0, 0.05) is 27.7 Å². The fraction of sp³-hybridized carbons (Fsp3) is 0.364. The maximum atomic E-state index is 12.0. The maximum absolute atomic E-state index is 12.0. The van der Waals surface area contributed by atoms with Crippen molar-refractivity contribution in [3.8, 4) is 0 Å². The number of nitrogens with two attached hydrogens (primary N) is 1. The van der Waals surface area contributed by atoms with Crippen LogP contribution >= 0.6 is 31.9 Å². The van der Waals surface area contributed by atoms with Crippen molar-refractivity contribution >= 4 is 49.3 Å². The summed E-state index contributed by atoms with van der Waals surface area (Å²) in [5.74, 6) is 0. The molecule has 0 saturated carbocycles. The van der Waals surface area contributed by atoms with Crippen molar-refractivity contribution in [2.45, 2.75) is 0 Å². The molecular weight excluding hydrogens is 366 g/mol. The van der Waals surface area contributed by atoms with E-state index < -0.39 is 0 Å². The Morgan fingerprint density at radius 2 is 1.83 bits per heavy atom. The minimum Gasteiger partial charge on any atom is -0.399 e. The summed E-state index contributed by atoms with van der Waals surface area (Å²) >= 11 is 6.77. The summed E-state index contributed by atoms with van der Waals surface area (Å²) in [6.07, 6.45) is 0. The highest BCUT2D eigenvalue weighted by atomic mass is 79.9. The van der Waals surface area contributed by atoms with Gasteiger partial charge in [-0.3, -0.25) is 0 Å². The number of hydrogen-bond acceptors (Lipinski definition) is 3. The van der Waals surface area contributed by atoms with Crippen LogP contribution in [0.1, 0.15) is 0 Å². The van der Waals surface area contributed by atoms with Gasteiger partial charge in [0.15, 0.2) is 0 Å². The van der Waals surface area contributed by atoms with Gasteiger partial charge in [0.2, 0.25) is 0 Å². The SMILES string of the molecule is Nc1cc(Br)c(NC(=O)N2CCOCC2)c(Br)c1. The molecule has 1 aliphatic heterocycles. The van der Waals surface area contributed by atoms with E-state index in [4.69, 9.17) is 10.5 Å². The van der Waals surface area contributed by atoms with Crippen LogP contribution in [0, 0.1) is 0 Å². The lowest BCUT2D eigenvalue weighted by molar-refractivity contribution is 0.0564. The number of benzene rings is 1. The Bertz CT molecular complexity index is 439. The van der Waals surface area contributed by atoms with Gasteiger partial charge in [-0.15, -0.1) is 0 Å². The molecule has 0 atom stereocenters. The zero-order valence-corrected chi connectivity index (χ0v) is 12.8. The van der Waals surface area contributed by atoms with Gasteiger partial charge in [-0.05, 0) is 44.0 Å². The highest BCUT2D eigenvalue weighted by Gasteiger charge is 2.18. The Labute approximate surface area is 122 Å². The Morgan fingerprint density at radius 3 is 2.39 bits per heavy atom. The highest BCUT2D eigenvalue weighted by Crippen LogP contribution is 2.33. The number of rotatable bonds is 1. The maximum Gasteiger partial charge on any atom is 0.322 e. The monoisotopic (exact) mass is 377 g/mol. The molecule has 0 spiro atoms. The first-order valence-corrected chi connectivity index (χ1v) is 7.04. The Hall–Kier alpha value is -0.790. The van der Waals surface area contributed by atoms with Gasteiger partial charge in [0.1, 0.15) is 0 Å². The minimum atomic E-state index is -0.135. The second-order valence-electron chi connectivity index (χ2n) is 3.89. The largest absolute Gasteiger partial charge is 0.399 e. The van der Waals surface area contributed by atoms with Gasteiger partial charge < -0.3 is 20.7 Å². The first-order valence-electron chi connectivity index (χ1n) is 5.46. The molecule has 98 valence electrons. The number of morpholine rings is 1. The summed E-state index contributed by atoms with van der Waals surface area (Å²) < 4.78 is 6.70. The summed E-state index contributed by atoms with van der Waals surface area (Å²) in [6.45, 7) is 2.38. The number of nitrogen functional groups attached to an aromatic ring is 1. The van der Waals surface area contributed by atoms with Gasteiger partial charge >= 0.3 is 6.03 Å². The number of anilines is 2. The number of carbonyl (C=O) groups excluding carboxylic acids is 1. The van der Waals surface area contributed by atoms with E-state index >= 15 is 0 Å². The minimum absolute atomic E-state index is 0.135. The molecule has 5 nitrogen and oxygen atoms in total. The molecule has 0 aliphatic carbocycles. The molecule has 0 unspecified atom stereocenters. The number of hydrogen-bond donors (Lipinski definition) is 2. The van der Waals surface area contributed by atoms with E-state index in [-0.39, 0.29) is 6.03 Å².